The maximum absolute atomic E-state index is 12.5. The van der Waals surface area contributed by atoms with Crippen molar-refractivity contribution in [2.75, 3.05) is 6.61 Å². The fourth-order valence-electron chi connectivity index (χ4n) is 3.87. The Hall–Kier alpha value is -5.04. The Morgan fingerprint density at radius 1 is 1.03 bits per heavy atom. The highest BCUT2D eigenvalue weighted by molar-refractivity contribution is 5.89. The van der Waals surface area contributed by atoms with E-state index in [0.29, 0.717) is 0 Å². The zero-order valence-electron chi connectivity index (χ0n) is 21.0. The van der Waals surface area contributed by atoms with Crippen LogP contribution in [0.4, 0.5) is 17.1 Å². The van der Waals surface area contributed by atoms with Crippen molar-refractivity contribution in [2.45, 2.75) is 33.1 Å². The summed E-state index contributed by atoms with van der Waals surface area (Å²) in [6, 6.07) is 16.0. The predicted molar refractivity (Wildman–Crippen MR) is 138 cm³/mol. The van der Waals surface area contributed by atoms with E-state index in [9.17, 15) is 25.0 Å². The average molecular weight is 533 g/mol. The van der Waals surface area contributed by atoms with Gasteiger partial charge in [-0.1, -0.05) is 41.6 Å². The minimum atomic E-state index is -0.857. The molecule has 0 spiro atoms. The van der Waals surface area contributed by atoms with Gasteiger partial charge in [0.15, 0.2) is 17.1 Å². The van der Waals surface area contributed by atoms with Crippen molar-refractivity contribution in [1.29, 1.82) is 0 Å². The summed E-state index contributed by atoms with van der Waals surface area (Å²) < 4.78 is 16.3. The number of azo groups is 1. The molecule has 0 aliphatic carbocycles. The van der Waals surface area contributed by atoms with E-state index in [1.807, 2.05) is 42.5 Å². The normalized spacial score (nSPS) is 12.1. The molecule has 1 atom stereocenters. The quantitative estimate of drug-likeness (QED) is 0.0916. The Labute approximate surface area is 221 Å². The molecular formula is C26H23N5O8. The molecule has 13 heteroatoms. The summed E-state index contributed by atoms with van der Waals surface area (Å²) in [6.45, 7) is 3.53. The van der Waals surface area contributed by atoms with Gasteiger partial charge in [0.25, 0.3) is 5.69 Å². The standard InChI is InChI=1S/C26H23N5O8/c1-3-38-26(32)25-24(16(2)27-28-21-11-10-20(30(33)34)13-22(21)31(35)36)23(39-29-25)15-37-14-17-8-9-18-6-4-5-7-19(18)12-17/h4-13,16H,3,14-15H2,1-2H3. The number of nitro groups is 2. The second kappa shape index (κ2) is 12.0. The smallest absolute Gasteiger partial charge is 0.360 e. The zero-order valence-corrected chi connectivity index (χ0v) is 21.0. The molecule has 39 heavy (non-hydrogen) atoms. The number of hydrogen-bond acceptors (Lipinski definition) is 11. The SMILES string of the molecule is CCOC(=O)c1noc(COCc2ccc3ccccc3c2)c1C(C)N=Nc1ccc([N+](=O)[O-])cc1[N+](=O)[O-]. The van der Waals surface area contributed by atoms with Crippen LogP contribution in [0.5, 0.6) is 0 Å². The molecule has 0 bridgehead atoms. The molecule has 0 fully saturated rings. The second-order valence-electron chi connectivity index (χ2n) is 8.34. The monoisotopic (exact) mass is 533 g/mol. The van der Waals surface area contributed by atoms with E-state index in [2.05, 4.69) is 15.4 Å². The molecule has 4 aromatic rings. The number of nitro benzene ring substituents is 2. The van der Waals surface area contributed by atoms with Gasteiger partial charge in [-0.2, -0.15) is 5.11 Å². The van der Waals surface area contributed by atoms with Crippen molar-refractivity contribution in [1.82, 2.24) is 5.16 Å². The van der Waals surface area contributed by atoms with Crippen molar-refractivity contribution in [3.05, 3.63) is 103 Å². The molecule has 0 radical (unpaired) electrons. The summed E-state index contributed by atoms with van der Waals surface area (Å²) in [5, 5.41) is 36.5. The van der Waals surface area contributed by atoms with E-state index < -0.39 is 33.2 Å². The molecule has 1 aromatic heterocycles. The fraction of sp³-hybridized carbons (Fsp3) is 0.231. The van der Waals surface area contributed by atoms with Crippen molar-refractivity contribution in [3.63, 3.8) is 0 Å². The van der Waals surface area contributed by atoms with Crippen LogP contribution in [0.25, 0.3) is 10.8 Å². The van der Waals surface area contributed by atoms with E-state index in [0.717, 1.165) is 34.5 Å². The molecule has 200 valence electrons. The van der Waals surface area contributed by atoms with Crippen LogP contribution in [0, 0.1) is 20.2 Å². The van der Waals surface area contributed by atoms with Crippen LogP contribution in [0.3, 0.4) is 0 Å². The first kappa shape index (κ1) is 27.0. The largest absolute Gasteiger partial charge is 0.461 e. The zero-order chi connectivity index (χ0) is 27.9. The molecule has 0 saturated heterocycles. The lowest BCUT2D eigenvalue weighted by molar-refractivity contribution is -0.393. The molecule has 0 amide bonds. The van der Waals surface area contributed by atoms with E-state index in [1.54, 1.807) is 13.8 Å². The van der Waals surface area contributed by atoms with E-state index in [4.69, 9.17) is 14.0 Å². The van der Waals surface area contributed by atoms with Gasteiger partial charge in [0.2, 0.25) is 0 Å². The van der Waals surface area contributed by atoms with Crippen LogP contribution in [-0.4, -0.2) is 27.6 Å². The maximum Gasteiger partial charge on any atom is 0.360 e. The molecule has 0 aliphatic rings. The summed E-state index contributed by atoms with van der Waals surface area (Å²) in [4.78, 5) is 33.4. The van der Waals surface area contributed by atoms with Crippen LogP contribution >= 0.6 is 0 Å². The lowest BCUT2D eigenvalue weighted by atomic mass is 10.1. The van der Waals surface area contributed by atoms with Crippen LogP contribution in [0.2, 0.25) is 0 Å². The second-order valence-corrected chi connectivity index (χ2v) is 8.34. The molecule has 4 rings (SSSR count). The lowest BCUT2D eigenvalue weighted by Crippen LogP contribution is -2.10. The number of hydrogen-bond donors (Lipinski definition) is 0. The molecule has 0 saturated carbocycles. The summed E-state index contributed by atoms with van der Waals surface area (Å²) in [6.07, 6.45) is 0. The first-order valence-corrected chi connectivity index (χ1v) is 11.8. The number of esters is 1. The van der Waals surface area contributed by atoms with Crippen LogP contribution in [0.15, 0.2) is 75.4 Å². The molecule has 1 unspecified atom stereocenters. The van der Waals surface area contributed by atoms with Crippen molar-refractivity contribution >= 4 is 33.8 Å². The molecule has 0 N–H and O–H groups in total. The molecule has 0 aliphatic heterocycles. The Bertz CT molecular complexity index is 1570. The van der Waals surface area contributed by atoms with Gasteiger partial charge in [-0.15, -0.1) is 5.11 Å². The van der Waals surface area contributed by atoms with Crippen LogP contribution in [-0.2, 0) is 22.7 Å². The van der Waals surface area contributed by atoms with E-state index in [1.165, 1.54) is 0 Å². The maximum atomic E-state index is 12.5. The highest BCUT2D eigenvalue weighted by Gasteiger charge is 2.28. The third kappa shape index (κ3) is 6.27. The Morgan fingerprint density at radius 2 is 1.79 bits per heavy atom. The number of aromatic nitrogens is 1. The fourth-order valence-corrected chi connectivity index (χ4v) is 3.87. The van der Waals surface area contributed by atoms with E-state index >= 15 is 0 Å². The number of carbonyl (C=O) groups is 1. The first-order chi connectivity index (χ1) is 18.8. The highest BCUT2D eigenvalue weighted by atomic mass is 16.6. The predicted octanol–water partition coefficient (Wildman–Crippen LogP) is 6.38. The number of rotatable bonds is 11. The summed E-state index contributed by atoms with van der Waals surface area (Å²) in [5.74, 6) is -0.524. The number of nitrogens with zero attached hydrogens (tertiary/aromatic N) is 5. The summed E-state index contributed by atoms with van der Waals surface area (Å²) >= 11 is 0. The molecule has 13 nitrogen and oxygen atoms in total. The lowest BCUT2D eigenvalue weighted by Gasteiger charge is -2.09. The number of ether oxygens (including phenoxy) is 2. The number of fused-ring (bicyclic) bond motifs is 1. The number of non-ortho nitro benzene ring substituents is 1. The summed E-state index contributed by atoms with van der Waals surface area (Å²) in [5.41, 5.74) is -0.177. The minimum Gasteiger partial charge on any atom is -0.461 e. The summed E-state index contributed by atoms with van der Waals surface area (Å²) in [7, 11) is 0. The van der Waals surface area contributed by atoms with Crippen LogP contribution < -0.4 is 0 Å². The van der Waals surface area contributed by atoms with E-state index in [-0.39, 0.29) is 42.5 Å². The third-order valence-corrected chi connectivity index (χ3v) is 5.71. The van der Waals surface area contributed by atoms with Gasteiger partial charge in [-0.05, 0) is 42.3 Å². The Morgan fingerprint density at radius 3 is 2.51 bits per heavy atom. The molecule has 3 aromatic carbocycles. The third-order valence-electron chi connectivity index (χ3n) is 5.71. The van der Waals surface area contributed by atoms with Gasteiger partial charge in [0.05, 0.1) is 40.7 Å². The van der Waals surface area contributed by atoms with Crippen molar-refractivity contribution in [2.24, 2.45) is 10.2 Å². The highest BCUT2D eigenvalue weighted by Crippen LogP contribution is 2.34. The van der Waals surface area contributed by atoms with Crippen molar-refractivity contribution in [3.8, 4) is 0 Å². The average Bonchev–Trinajstić information content (AvgIpc) is 3.35. The van der Waals surface area contributed by atoms with Gasteiger partial charge in [-0.25, -0.2) is 4.79 Å². The van der Waals surface area contributed by atoms with Crippen molar-refractivity contribution < 1.29 is 28.6 Å². The van der Waals surface area contributed by atoms with Crippen LogP contribution in [0.1, 0.15) is 47.3 Å². The topological polar surface area (TPSA) is 173 Å². The number of benzene rings is 3. The Kier molecular flexibility index (Phi) is 8.31. The van der Waals surface area contributed by atoms with Gasteiger partial charge in [0, 0.05) is 6.07 Å². The molecular weight excluding hydrogens is 510 g/mol. The van der Waals surface area contributed by atoms with Gasteiger partial charge in [-0.3, -0.25) is 20.2 Å². The molecule has 1 heterocycles. The van der Waals surface area contributed by atoms with Gasteiger partial charge < -0.3 is 14.0 Å². The minimum absolute atomic E-state index is 0.0495. The Balaban J connectivity index is 1.57. The number of carbonyl (C=O) groups excluding carboxylic acids is 1. The van der Waals surface area contributed by atoms with Gasteiger partial charge >= 0.3 is 11.7 Å². The first-order valence-electron chi connectivity index (χ1n) is 11.8. The van der Waals surface area contributed by atoms with Gasteiger partial charge in [0.1, 0.15) is 6.61 Å².